The minimum atomic E-state index is 0.852. The van der Waals surface area contributed by atoms with Gasteiger partial charge >= 0.3 is 0 Å². The van der Waals surface area contributed by atoms with Gasteiger partial charge < -0.3 is 0 Å². The van der Waals surface area contributed by atoms with Gasteiger partial charge in [0.1, 0.15) is 0 Å². The van der Waals surface area contributed by atoms with Crippen LogP contribution in [0.2, 0.25) is 5.02 Å². The summed E-state index contributed by atoms with van der Waals surface area (Å²) in [5.74, 6) is 4.05. The maximum atomic E-state index is 5.99. The van der Waals surface area contributed by atoms with E-state index in [9.17, 15) is 0 Å². The normalized spacial score (nSPS) is 29.4. The second-order valence-electron chi connectivity index (χ2n) is 8.95. The molecule has 1 heteroatoms. The number of hydrogen-bond acceptors (Lipinski definition) is 0. The molecule has 0 heterocycles. The van der Waals surface area contributed by atoms with Crippen molar-refractivity contribution in [3.63, 3.8) is 0 Å². The van der Waals surface area contributed by atoms with Crippen molar-refractivity contribution in [1.29, 1.82) is 0 Å². The van der Waals surface area contributed by atoms with E-state index in [1.807, 2.05) is 12.1 Å². The molecule has 144 valence electrons. The van der Waals surface area contributed by atoms with Gasteiger partial charge in [-0.1, -0.05) is 61.9 Å². The highest BCUT2D eigenvalue weighted by Gasteiger charge is 2.30. The third-order valence-electron chi connectivity index (χ3n) is 7.22. The first-order valence-electron chi connectivity index (χ1n) is 11.1. The van der Waals surface area contributed by atoms with Crippen molar-refractivity contribution in [3.8, 4) is 0 Å². The van der Waals surface area contributed by atoms with Crippen LogP contribution in [0.3, 0.4) is 0 Å². The van der Waals surface area contributed by atoms with Crippen molar-refractivity contribution < 1.29 is 0 Å². The summed E-state index contributed by atoms with van der Waals surface area (Å²) in [6.45, 7) is 3.85. The van der Waals surface area contributed by atoms with Crippen LogP contribution in [-0.2, 0) is 6.42 Å². The van der Waals surface area contributed by atoms with Crippen molar-refractivity contribution >= 4 is 11.6 Å². The van der Waals surface area contributed by atoms with E-state index >= 15 is 0 Å². The molecule has 0 aliphatic heterocycles. The molecule has 2 aliphatic carbocycles. The lowest BCUT2D eigenvalue weighted by atomic mass is 9.68. The Morgan fingerprint density at radius 1 is 0.808 bits per heavy atom. The molecule has 2 aliphatic rings. The molecule has 0 atom stereocenters. The van der Waals surface area contributed by atoms with Crippen LogP contribution in [0.15, 0.2) is 36.9 Å². The summed E-state index contributed by atoms with van der Waals surface area (Å²) in [6.07, 6.45) is 20.6. The van der Waals surface area contributed by atoms with Crippen LogP contribution < -0.4 is 0 Å². The van der Waals surface area contributed by atoms with Gasteiger partial charge in [-0.15, -0.1) is 6.58 Å². The molecule has 0 saturated heterocycles. The molecule has 2 fully saturated rings. The lowest BCUT2D eigenvalue weighted by molar-refractivity contribution is 0.141. The van der Waals surface area contributed by atoms with Crippen LogP contribution in [0.4, 0.5) is 0 Å². The van der Waals surface area contributed by atoms with Crippen LogP contribution in [-0.4, -0.2) is 0 Å². The Hall–Kier alpha value is -0.750. The molecule has 0 bridgehead atoms. The van der Waals surface area contributed by atoms with Gasteiger partial charge in [0.15, 0.2) is 0 Å². The smallest absolute Gasteiger partial charge is 0.0406 e. The fourth-order valence-electron chi connectivity index (χ4n) is 5.47. The Labute approximate surface area is 166 Å². The van der Waals surface area contributed by atoms with E-state index in [4.69, 9.17) is 11.6 Å². The average molecular weight is 373 g/mol. The third kappa shape index (κ3) is 6.15. The molecule has 0 unspecified atom stereocenters. The van der Waals surface area contributed by atoms with Crippen molar-refractivity contribution in [2.45, 2.75) is 83.5 Å². The predicted octanol–water partition coefficient (Wildman–Crippen LogP) is 8.24. The minimum Gasteiger partial charge on any atom is -0.103 e. The van der Waals surface area contributed by atoms with Gasteiger partial charge in [0, 0.05) is 5.02 Å². The SMILES string of the molecule is C=CCCCC1CCC(C2CCC(CCc3ccc(Cl)cc3)CC2)CC1. The maximum Gasteiger partial charge on any atom is 0.0406 e. The molecule has 0 N–H and O–H groups in total. The Morgan fingerprint density at radius 3 is 1.88 bits per heavy atom. The summed E-state index contributed by atoms with van der Waals surface area (Å²) in [5, 5.41) is 0.852. The molecule has 1 aromatic rings. The van der Waals surface area contributed by atoms with Gasteiger partial charge in [-0.25, -0.2) is 0 Å². The Bertz CT molecular complexity index is 516. The summed E-state index contributed by atoms with van der Waals surface area (Å²) in [5.41, 5.74) is 1.45. The Balaban J connectivity index is 1.32. The summed E-state index contributed by atoms with van der Waals surface area (Å²) >= 11 is 5.99. The number of unbranched alkanes of at least 4 members (excludes halogenated alkanes) is 1. The molecule has 0 aromatic heterocycles. The van der Waals surface area contributed by atoms with Crippen LogP contribution >= 0.6 is 11.6 Å². The zero-order valence-corrected chi connectivity index (χ0v) is 17.2. The first-order valence-corrected chi connectivity index (χ1v) is 11.5. The highest BCUT2D eigenvalue weighted by molar-refractivity contribution is 6.30. The second kappa shape index (κ2) is 10.5. The van der Waals surface area contributed by atoms with Crippen LogP contribution in [0, 0.1) is 23.7 Å². The first-order chi connectivity index (χ1) is 12.7. The molecule has 2 saturated carbocycles. The number of rotatable bonds is 8. The molecule has 3 rings (SSSR count). The van der Waals surface area contributed by atoms with Gasteiger partial charge in [0.2, 0.25) is 0 Å². The molecule has 26 heavy (non-hydrogen) atoms. The maximum absolute atomic E-state index is 5.99. The minimum absolute atomic E-state index is 0.852. The van der Waals surface area contributed by atoms with E-state index in [0.29, 0.717) is 0 Å². The van der Waals surface area contributed by atoms with Crippen LogP contribution in [0.5, 0.6) is 0 Å². The summed E-state index contributed by atoms with van der Waals surface area (Å²) in [4.78, 5) is 0. The predicted molar refractivity (Wildman–Crippen MR) is 115 cm³/mol. The van der Waals surface area contributed by atoms with E-state index < -0.39 is 0 Å². The van der Waals surface area contributed by atoms with Crippen molar-refractivity contribution in [3.05, 3.63) is 47.5 Å². The first kappa shape index (κ1) is 20.0. The van der Waals surface area contributed by atoms with Crippen molar-refractivity contribution in [2.24, 2.45) is 23.7 Å². The molecular formula is C25H37Cl. The molecule has 0 radical (unpaired) electrons. The fourth-order valence-corrected chi connectivity index (χ4v) is 5.60. The number of aryl methyl sites for hydroxylation is 1. The third-order valence-corrected chi connectivity index (χ3v) is 7.48. The largest absolute Gasteiger partial charge is 0.103 e. The number of allylic oxidation sites excluding steroid dienone is 1. The number of halogens is 1. The fraction of sp³-hybridized carbons (Fsp3) is 0.680. The van der Waals surface area contributed by atoms with Crippen LogP contribution in [0.1, 0.15) is 82.6 Å². The van der Waals surface area contributed by atoms with Crippen molar-refractivity contribution in [2.75, 3.05) is 0 Å². The molecule has 0 nitrogen and oxygen atoms in total. The zero-order chi connectivity index (χ0) is 18.2. The second-order valence-corrected chi connectivity index (χ2v) is 9.38. The van der Waals surface area contributed by atoms with E-state index in [1.54, 1.807) is 0 Å². The van der Waals surface area contributed by atoms with Gasteiger partial charge in [0.25, 0.3) is 0 Å². The lowest BCUT2D eigenvalue weighted by Gasteiger charge is -2.38. The van der Waals surface area contributed by atoms with Gasteiger partial charge in [-0.3, -0.25) is 0 Å². The quantitative estimate of drug-likeness (QED) is 0.318. The van der Waals surface area contributed by atoms with Crippen molar-refractivity contribution in [1.82, 2.24) is 0 Å². The van der Waals surface area contributed by atoms with E-state index in [0.717, 1.165) is 28.7 Å². The topological polar surface area (TPSA) is 0 Å². The van der Waals surface area contributed by atoms with E-state index in [2.05, 4.69) is 24.8 Å². The molecule has 0 spiro atoms. The highest BCUT2D eigenvalue weighted by atomic mass is 35.5. The van der Waals surface area contributed by atoms with E-state index in [-0.39, 0.29) is 0 Å². The van der Waals surface area contributed by atoms with Crippen LogP contribution in [0.25, 0.3) is 0 Å². The Kier molecular flexibility index (Phi) is 8.11. The summed E-state index contributed by atoms with van der Waals surface area (Å²) < 4.78 is 0. The monoisotopic (exact) mass is 372 g/mol. The van der Waals surface area contributed by atoms with Gasteiger partial charge in [-0.2, -0.15) is 0 Å². The number of benzene rings is 1. The van der Waals surface area contributed by atoms with Gasteiger partial charge in [0.05, 0.1) is 0 Å². The zero-order valence-electron chi connectivity index (χ0n) is 16.5. The summed E-state index contributed by atoms with van der Waals surface area (Å²) in [6, 6.07) is 8.45. The number of hydrogen-bond donors (Lipinski definition) is 0. The Morgan fingerprint density at radius 2 is 1.35 bits per heavy atom. The molecule has 1 aromatic carbocycles. The standard InChI is InChI=1S/C25H37Cl/c1-2-3-4-5-20-8-14-23(15-9-20)24-16-10-21(11-17-24)6-7-22-12-18-25(26)19-13-22/h2,12-13,18-21,23-24H,1,3-11,14-17H2. The molecular weight excluding hydrogens is 336 g/mol. The van der Waals surface area contributed by atoms with Gasteiger partial charge in [-0.05, 0) is 92.7 Å². The lowest BCUT2D eigenvalue weighted by Crippen LogP contribution is -2.26. The highest BCUT2D eigenvalue weighted by Crippen LogP contribution is 2.43. The molecule has 0 amide bonds. The average Bonchev–Trinajstić information content (AvgIpc) is 2.69. The van der Waals surface area contributed by atoms with E-state index in [1.165, 1.54) is 89.0 Å². The summed E-state index contributed by atoms with van der Waals surface area (Å²) in [7, 11) is 0.